The molecule has 0 heterocycles. The summed E-state index contributed by atoms with van der Waals surface area (Å²) in [6.45, 7) is 16.9. The Labute approximate surface area is 241 Å². The molecule has 1 aliphatic carbocycles. The average molecular weight is 579 g/mol. The summed E-state index contributed by atoms with van der Waals surface area (Å²) in [5, 5.41) is 2.48. The molecule has 2 aromatic rings. The molecule has 0 aliphatic heterocycles. The Morgan fingerprint density at radius 2 is 1.23 bits per heavy atom. The molecule has 0 saturated heterocycles. The van der Waals surface area contributed by atoms with Crippen LogP contribution in [0, 0.1) is 12.5 Å². The van der Waals surface area contributed by atoms with Crippen molar-refractivity contribution in [1.29, 1.82) is 0 Å². The highest BCUT2D eigenvalue weighted by atomic mass is 28.3. The molecule has 0 aromatic heterocycles. The van der Waals surface area contributed by atoms with Crippen molar-refractivity contribution in [2.45, 2.75) is 77.2 Å². The summed E-state index contributed by atoms with van der Waals surface area (Å²) in [7, 11) is -3.51. The Morgan fingerprint density at radius 1 is 0.775 bits per heavy atom. The van der Waals surface area contributed by atoms with Gasteiger partial charge in [0.25, 0.3) is 0 Å². The van der Waals surface area contributed by atoms with Crippen molar-refractivity contribution in [1.82, 2.24) is 0 Å². The van der Waals surface area contributed by atoms with Gasteiger partial charge in [0.1, 0.15) is 22.3 Å². The van der Waals surface area contributed by atoms with Gasteiger partial charge in [0, 0.05) is 0 Å². The lowest BCUT2D eigenvalue weighted by Gasteiger charge is -2.27. The topological polar surface area (TPSA) is 71.1 Å². The van der Waals surface area contributed by atoms with Gasteiger partial charge in [0.15, 0.2) is 6.10 Å². The molecule has 0 N–H and O–H groups in total. The van der Waals surface area contributed by atoms with E-state index in [-0.39, 0.29) is 0 Å². The first kappa shape index (κ1) is 31.7. The van der Waals surface area contributed by atoms with Gasteiger partial charge in [-0.2, -0.15) is 9.78 Å². The SMILES string of the molecule is C=C[Si](CC)(CC)c1ccc(C(=O)OO[C]2CCC[CH]C2OOC(=O)c2ccc([Si](C=C)(CC)CC)cc2)cc1. The van der Waals surface area contributed by atoms with E-state index >= 15 is 0 Å². The summed E-state index contributed by atoms with van der Waals surface area (Å²) < 4.78 is 0. The lowest BCUT2D eigenvalue weighted by Crippen LogP contribution is -2.44. The maximum Gasteiger partial charge on any atom is 0.373 e. The van der Waals surface area contributed by atoms with E-state index in [0.717, 1.165) is 37.0 Å². The highest BCUT2D eigenvalue weighted by molar-refractivity contribution is 6.96. The standard InChI is InChI=1S/C32H42O6Si2/c1-7-39(8-2,9-3)27-21-17-25(18-22-27)31(33)37-35-29-15-13-14-16-30(29)36-38-32(34)26-19-23-28(24-20-26)40(10-4,11-5)12-6/h7,10,15,17-24,29H,1,4,8-9,11-14,16H2,2-3,5-6H3. The van der Waals surface area contributed by atoms with E-state index in [9.17, 15) is 9.59 Å². The van der Waals surface area contributed by atoms with Gasteiger partial charge in [0.2, 0.25) is 0 Å². The quantitative estimate of drug-likeness (QED) is 0.141. The molecule has 2 aromatic carbocycles. The Morgan fingerprint density at radius 3 is 1.65 bits per heavy atom. The molecule has 1 unspecified atom stereocenters. The Balaban J connectivity index is 1.56. The molecule has 3 rings (SSSR count). The zero-order valence-electron chi connectivity index (χ0n) is 24.2. The highest BCUT2D eigenvalue weighted by Gasteiger charge is 2.34. The van der Waals surface area contributed by atoms with Crippen molar-refractivity contribution in [2.75, 3.05) is 0 Å². The molecule has 214 valence electrons. The van der Waals surface area contributed by atoms with Crippen LogP contribution < -0.4 is 10.4 Å². The van der Waals surface area contributed by atoms with Crippen LogP contribution in [0.4, 0.5) is 0 Å². The number of carbonyl (C=O) groups excluding carboxylic acids is 2. The van der Waals surface area contributed by atoms with Crippen molar-refractivity contribution >= 4 is 38.5 Å². The molecule has 0 bridgehead atoms. The Kier molecular flexibility index (Phi) is 11.7. The van der Waals surface area contributed by atoms with Crippen LogP contribution in [0.1, 0.15) is 67.7 Å². The number of hydrogen-bond acceptors (Lipinski definition) is 6. The lowest BCUT2D eigenvalue weighted by molar-refractivity contribution is -0.311. The molecule has 40 heavy (non-hydrogen) atoms. The molecule has 1 atom stereocenters. The van der Waals surface area contributed by atoms with E-state index in [1.165, 1.54) is 10.4 Å². The fourth-order valence-corrected chi connectivity index (χ4v) is 11.2. The van der Waals surface area contributed by atoms with Crippen LogP contribution in [0.2, 0.25) is 24.2 Å². The van der Waals surface area contributed by atoms with Gasteiger partial charge in [-0.25, -0.2) is 9.59 Å². The van der Waals surface area contributed by atoms with Gasteiger partial charge >= 0.3 is 11.9 Å². The third kappa shape index (κ3) is 7.10. The zero-order valence-corrected chi connectivity index (χ0v) is 26.2. The molecule has 0 amide bonds. The zero-order chi connectivity index (χ0) is 29.2. The van der Waals surface area contributed by atoms with Crippen LogP contribution in [-0.2, 0) is 19.6 Å². The molecule has 8 heteroatoms. The number of carbonyl (C=O) groups is 2. The molecule has 0 spiro atoms. The van der Waals surface area contributed by atoms with E-state index < -0.39 is 34.2 Å². The van der Waals surface area contributed by atoms with Gasteiger partial charge in [-0.15, -0.1) is 13.2 Å². The van der Waals surface area contributed by atoms with Crippen molar-refractivity contribution in [2.24, 2.45) is 0 Å². The van der Waals surface area contributed by atoms with Gasteiger partial charge in [-0.05, 0) is 49.9 Å². The maximum absolute atomic E-state index is 12.7. The van der Waals surface area contributed by atoms with Crippen molar-refractivity contribution in [3.63, 3.8) is 0 Å². The highest BCUT2D eigenvalue weighted by Crippen LogP contribution is 2.30. The fraction of sp³-hybridized carbons (Fsp3) is 0.375. The van der Waals surface area contributed by atoms with Crippen LogP contribution in [0.3, 0.4) is 0 Å². The van der Waals surface area contributed by atoms with Crippen LogP contribution in [0.5, 0.6) is 0 Å². The molecule has 2 radical (unpaired) electrons. The monoisotopic (exact) mass is 578 g/mol. The number of benzene rings is 2. The summed E-state index contributed by atoms with van der Waals surface area (Å²) in [5.41, 5.74) is 5.00. The maximum atomic E-state index is 12.7. The predicted octanol–water partition coefficient (Wildman–Crippen LogP) is 6.69. The number of hydrogen-bond donors (Lipinski definition) is 0. The van der Waals surface area contributed by atoms with Crippen LogP contribution in [0.15, 0.2) is 73.1 Å². The first-order valence-corrected chi connectivity index (χ1v) is 19.2. The van der Waals surface area contributed by atoms with E-state index in [1.807, 2.05) is 30.7 Å². The minimum absolute atomic E-state index is 0.377. The largest absolute Gasteiger partial charge is 0.373 e. The van der Waals surface area contributed by atoms with E-state index in [1.54, 1.807) is 24.3 Å². The van der Waals surface area contributed by atoms with Crippen molar-refractivity contribution in [3.05, 3.63) is 96.7 Å². The normalized spacial score (nSPS) is 16.2. The molecule has 6 nitrogen and oxygen atoms in total. The minimum Gasteiger partial charge on any atom is -0.292 e. The summed E-state index contributed by atoms with van der Waals surface area (Å²) in [6, 6.07) is 19.2. The molecule has 1 aliphatic rings. The van der Waals surface area contributed by atoms with Crippen molar-refractivity contribution in [3.8, 4) is 0 Å². The van der Waals surface area contributed by atoms with Gasteiger partial charge in [-0.1, -0.05) is 97.9 Å². The molecular weight excluding hydrogens is 537 g/mol. The first-order chi connectivity index (χ1) is 19.3. The van der Waals surface area contributed by atoms with Crippen LogP contribution >= 0.6 is 0 Å². The van der Waals surface area contributed by atoms with Gasteiger partial charge in [-0.3, -0.25) is 9.78 Å². The molecule has 1 fully saturated rings. The van der Waals surface area contributed by atoms with Crippen LogP contribution in [-0.4, -0.2) is 34.2 Å². The third-order valence-electron chi connectivity index (χ3n) is 8.47. The molecular formula is C32H42O6Si2. The second kappa shape index (κ2) is 14.7. The smallest absolute Gasteiger partial charge is 0.292 e. The Bertz CT molecular complexity index is 1050. The van der Waals surface area contributed by atoms with Gasteiger partial charge in [0.05, 0.1) is 11.1 Å². The predicted molar refractivity (Wildman–Crippen MR) is 164 cm³/mol. The van der Waals surface area contributed by atoms with E-state index in [0.29, 0.717) is 23.7 Å². The van der Waals surface area contributed by atoms with Crippen LogP contribution in [0.25, 0.3) is 0 Å². The van der Waals surface area contributed by atoms with E-state index in [4.69, 9.17) is 19.6 Å². The van der Waals surface area contributed by atoms with Crippen molar-refractivity contribution < 1.29 is 29.1 Å². The third-order valence-corrected chi connectivity index (χ3v) is 18.0. The summed E-state index contributed by atoms with van der Waals surface area (Å²) in [5.74, 6) is -1.20. The van der Waals surface area contributed by atoms with E-state index in [2.05, 4.69) is 52.3 Å². The summed E-state index contributed by atoms with van der Waals surface area (Å²) >= 11 is 0. The average Bonchev–Trinajstić information content (AvgIpc) is 3.02. The first-order valence-electron chi connectivity index (χ1n) is 14.3. The fourth-order valence-electron chi connectivity index (χ4n) is 5.29. The molecule has 1 saturated carbocycles. The minimum atomic E-state index is -1.75. The summed E-state index contributed by atoms with van der Waals surface area (Å²) in [6.07, 6.45) is 3.55. The summed E-state index contributed by atoms with van der Waals surface area (Å²) in [4.78, 5) is 46.5. The lowest BCUT2D eigenvalue weighted by atomic mass is 9.95. The van der Waals surface area contributed by atoms with Gasteiger partial charge < -0.3 is 0 Å². The second-order valence-electron chi connectivity index (χ2n) is 10.2. The number of rotatable bonds is 14. The Hall–Kier alpha value is -2.79. The second-order valence-corrected chi connectivity index (χ2v) is 19.6.